The molecule has 0 aromatic carbocycles. The zero-order valence-corrected chi connectivity index (χ0v) is 4.87. The molecule has 0 saturated carbocycles. The van der Waals surface area contributed by atoms with Gasteiger partial charge < -0.3 is 15.5 Å². The average molecular weight is 146 g/mol. The van der Waals surface area contributed by atoms with E-state index in [-0.39, 0.29) is 0 Å². The lowest BCUT2D eigenvalue weighted by molar-refractivity contribution is -0.137. The van der Waals surface area contributed by atoms with Gasteiger partial charge in [0.05, 0.1) is 0 Å². The van der Waals surface area contributed by atoms with Crippen LogP contribution in [-0.4, -0.2) is 34.5 Å². The molecule has 6 heteroatoms. The normalized spacial score (nSPS) is 33.0. The Morgan fingerprint density at radius 3 is 2.40 bits per heavy atom. The van der Waals surface area contributed by atoms with Gasteiger partial charge in [0.15, 0.2) is 12.3 Å². The first kappa shape index (κ1) is 6.97. The van der Waals surface area contributed by atoms with Gasteiger partial charge in [0.1, 0.15) is 0 Å². The van der Waals surface area contributed by atoms with Crippen molar-refractivity contribution in [3.8, 4) is 0 Å². The van der Waals surface area contributed by atoms with E-state index < -0.39 is 24.3 Å². The van der Waals surface area contributed by atoms with Crippen LogP contribution in [0.15, 0.2) is 0 Å². The van der Waals surface area contributed by atoms with E-state index in [0.717, 1.165) is 0 Å². The monoisotopic (exact) mass is 146 g/mol. The SMILES string of the molecule is O=C1NC(=O)C(O)C(O)N1. The minimum Gasteiger partial charge on any atom is -0.379 e. The average Bonchev–Trinajstić information content (AvgIpc) is 1.82. The molecule has 0 bridgehead atoms. The van der Waals surface area contributed by atoms with Crippen LogP contribution in [-0.2, 0) is 4.79 Å². The van der Waals surface area contributed by atoms with Crippen molar-refractivity contribution in [1.29, 1.82) is 0 Å². The van der Waals surface area contributed by atoms with Crippen LogP contribution in [0.2, 0.25) is 0 Å². The number of imide groups is 1. The van der Waals surface area contributed by atoms with Crippen LogP contribution in [0.5, 0.6) is 0 Å². The molecule has 3 amide bonds. The smallest absolute Gasteiger partial charge is 0.323 e. The standard InChI is InChI=1S/C4H6N2O4/c7-1-2(8)5-4(10)6-3(1)9/h1-2,7-8H,(H2,5,6,9,10). The van der Waals surface area contributed by atoms with Crippen molar-refractivity contribution >= 4 is 11.9 Å². The van der Waals surface area contributed by atoms with E-state index in [2.05, 4.69) is 0 Å². The Kier molecular flexibility index (Phi) is 1.56. The molecule has 2 unspecified atom stereocenters. The summed E-state index contributed by atoms with van der Waals surface area (Å²) >= 11 is 0. The van der Waals surface area contributed by atoms with Gasteiger partial charge in [0.25, 0.3) is 5.91 Å². The lowest BCUT2D eigenvalue weighted by Gasteiger charge is -2.22. The maximum absolute atomic E-state index is 10.4. The van der Waals surface area contributed by atoms with Gasteiger partial charge in [0, 0.05) is 0 Å². The summed E-state index contributed by atoms with van der Waals surface area (Å²) in [5, 5.41) is 21.0. The quantitative estimate of drug-likeness (QED) is 0.303. The maximum Gasteiger partial charge on any atom is 0.323 e. The summed E-state index contributed by atoms with van der Waals surface area (Å²) in [6, 6.07) is -0.803. The maximum atomic E-state index is 10.4. The highest BCUT2D eigenvalue weighted by Gasteiger charge is 2.31. The fourth-order valence-electron chi connectivity index (χ4n) is 0.579. The molecule has 0 aromatic rings. The Morgan fingerprint density at radius 2 is 1.90 bits per heavy atom. The number of aliphatic hydroxyl groups excluding tert-OH is 2. The van der Waals surface area contributed by atoms with Gasteiger partial charge >= 0.3 is 6.03 Å². The molecule has 0 radical (unpaired) electrons. The van der Waals surface area contributed by atoms with Crippen LogP contribution in [0.1, 0.15) is 0 Å². The molecule has 1 fully saturated rings. The van der Waals surface area contributed by atoms with Gasteiger partial charge in [-0.1, -0.05) is 0 Å². The highest BCUT2D eigenvalue weighted by molar-refractivity contribution is 5.99. The summed E-state index contributed by atoms with van der Waals surface area (Å²) in [6.07, 6.45) is -3.07. The molecular formula is C4H6N2O4. The van der Waals surface area contributed by atoms with Crippen molar-refractivity contribution in [2.24, 2.45) is 0 Å². The molecule has 1 aliphatic heterocycles. The highest BCUT2D eigenvalue weighted by atomic mass is 16.4. The van der Waals surface area contributed by atoms with Crippen molar-refractivity contribution in [3.05, 3.63) is 0 Å². The molecule has 4 N–H and O–H groups in total. The summed E-state index contributed by atoms with van der Waals surface area (Å²) in [6.45, 7) is 0. The zero-order valence-electron chi connectivity index (χ0n) is 4.87. The zero-order chi connectivity index (χ0) is 7.72. The molecule has 1 saturated heterocycles. The third-order valence-electron chi connectivity index (χ3n) is 1.08. The van der Waals surface area contributed by atoms with Crippen molar-refractivity contribution in [2.75, 3.05) is 0 Å². The van der Waals surface area contributed by atoms with E-state index in [9.17, 15) is 9.59 Å². The predicted octanol–water partition coefficient (Wildman–Crippen LogP) is -2.49. The minimum absolute atomic E-state index is 0.803. The minimum atomic E-state index is -1.57. The molecule has 6 nitrogen and oxygen atoms in total. The highest BCUT2D eigenvalue weighted by Crippen LogP contribution is 1.94. The van der Waals surface area contributed by atoms with Crippen molar-refractivity contribution < 1.29 is 19.8 Å². The molecule has 0 aliphatic carbocycles. The third kappa shape index (κ3) is 1.07. The molecule has 10 heavy (non-hydrogen) atoms. The van der Waals surface area contributed by atoms with Gasteiger partial charge in [-0.05, 0) is 0 Å². The number of amides is 3. The lowest BCUT2D eigenvalue weighted by Crippen LogP contribution is -2.60. The van der Waals surface area contributed by atoms with Gasteiger partial charge in [0.2, 0.25) is 0 Å². The van der Waals surface area contributed by atoms with Crippen LogP contribution in [0.3, 0.4) is 0 Å². The third-order valence-corrected chi connectivity index (χ3v) is 1.08. The molecule has 56 valence electrons. The number of aliphatic hydroxyl groups is 2. The van der Waals surface area contributed by atoms with Gasteiger partial charge in [-0.3, -0.25) is 10.1 Å². The van der Waals surface area contributed by atoms with Gasteiger partial charge in [-0.2, -0.15) is 0 Å². The summed E-state index contributed by atoms with van der Waals surface area (Å²) in [4.78, 5) is 20.7. The molecule has 0 aromatic heterocycles. The second-order valence-electron chi connectivity index (χ2n) is 1.85. The Balaban J connectivity index is 2.66. The number of carbonyl (C=O) groups is 2. The molecule has 1 rings (SSSR count). The van der Waals surface area contributed by atoms with Crippen molar-refractivity contribution in [1.82, 2.24) is 10.6 Å². The van der Waals surface area contributed by atoms with E-state index in [1.54, 1.807) is 5.32 Å². The van der Waals surface area contributed by atoms with Crippen molar-refractivity contribution in [3.63, 3.8) is 0 Å². The molecule has 2 atom stereocenters. The summed E-state index contributed by atoms with van der Waals surface area (Å²) in [7, 11) is 0. The fraction of sp³-hybridized carbons (Fsp3) is 0.500. The number of carbonyl (C=O) groups excluding carboxylic acids is 2. The van der Waals surface area contributed by atoms with Crippen LogP contribution in [0.25, 0.3) is 0 Å². The van der Waals surface area contributed by atoms with E-state index in [1.165, 1.54) is 0 Å². The Hall–Kier alpha value is -1.14. The van der Waals surface area contributed by atoms with E-state index in [0.29, 0.717) is 0 Å². The number of nitrogens with one attached hydrogen (secondary N) is 2. The summed E-state index contributed by atoms with van der Waals surface area (Å²) in [5.74, 6) is -0.892. The first-order valence-electron chi connectivity index (χ1n) is 2.59. The number of urea groups is 1. The molecule has 1 aliphatic rings. The number of hydrogen-bond acceptors (Lipinski definition) is 4. The lowest BCUT2D eigenvalue weighted by atomic mass is 10.2. The van der Waals surface area contributed by atoms with Crippen LogP contribution in [0, 0.1) is 0 Å². The van der Waals surface area contributed by atoms with E-state index in [4.69, 9.17) is 10.2 Å². The topological polar surface area (TPSA) is 98.7 Å². The summed E-state index contributed by atoms with van der Waals surface area (Å²) < 4.78 is 0. The van der Waals surface area contributed by atoms with Crippen LogP contribution >= 0.6 is 0 Å². The van der Waals surface area contributed by atoms with E-state index in [1.807, 2.05) is 5.32 Å². The predicted molar refractivity (Wildman–Crippen MR) is 28.7 cm³/mol. The number of rotatable bonds is 0. The molecule has 1 heterocycles. The Labute approximate surface area is 55.8 Å². The van der Waals surface area contributed by atoms with Crippen LogP contribution < -0.4 is 10.6 Å². The fourth-order valence-corrected chi connectivity index (χ4v) is 0.579. The Bertz CT molecular complexity index is 180. The second-order valence-corrected chi connectivity index (χ2v) is 1.85. The first-order chi connectivity index (χ1) is 4.61. The van der Waals surface area contributed by atoms with Crippen LogP contribution in [0.4, 0.5) is 4.79 Å². The molecule has 0 spiro atoms. The largest absolute Gasteiger partial charge is 0.379 e. The molecular weight excluding hydrogens is 140 g/mol. The van der Waals surface area contributed by atoms with Gasteiger partial charge in [-0.25, -0.2) is 4.79 Å². The van der Waals surface area contributed by atoms with E-state index >= 15 is 0 Å². The van der Waals surface area contributed by atoms with Gasteiger partial charge in [-0.15, -0.1) is 0 Å². The Morgan fingerprint density at radius 1 is 1.30 bits per heavy atom. The summed E-state index contributed by atoms with van der Waals surface area (Å²) in [5.41, 5.74) is 0. The number of hydrogen-bond donors (Lipinski definition) is 4. The van der Waals surface area contributed by atoms with Crippen molar-refractivity contribution in [2.45, 2.75) is 12.3 Å². The second kappa shape index (κ2) is 2.24. The first-order valence-corrected chi connectivity index (χ1v) is 2.59.